The van der Waals surface area contributed by atoms with E-state index in [1.54, 1.807) is 6.26 Å². The molecular formula is C22H32N4O2. The zero-order valence-electron chi connectivity index (χ0n) is 16.9. The van der Waals surface area contributed by atoms with Gasteiger partial charge in [0.1, 0.15) is 12.3 Å². The number of benzene rings is 1. The van der Waals surface area contributed by atoms with Gasteiger partial charge in [-0.1, -0.05) is 30.3 Å². The maximum absolute atomic E-state index is 5.64. The molecule has 1 fully saturated rings. The van der Waals surface area contributed by atoms with Crippen LogP contribution in [0.4, 0.5) is 0 Å². The van der Waals surface area contributed by atoms with E-state index in [1.807, 2.05) is 12.1 Å². The molecule has 3 rings (SSSR count). The molecule has 1 atom stereocenters. The summed E-state index contributed by atoms with van der Waals surface area (Å²) >= 11 is 0. The molecule has 6 nitrogen and oxygen atoms in total. The first-order valence-electron chi connectivity index (χ1n) is 10.2. The molecule has 1 aromatic heterocycles. The van der Waals surface area contributed by atoms with Crippen molar-refractivity contribution in [3.05, 3.63) is 60.1 Å². The Labute approximate surface area is 167 Å². The van der Waals surface area contributed by atoms with Crippen LogP contribution in [0.3, 0.4) is 0 Å². The Morgan fingerprint density at radius 3 is 2.57 bits per heavy atom. The van der Waals surface area contributed by atoms with Crippen LogP contribution in [-0.4, -0.2) is 37.8 Å². The highest BCUT2D eigenvalue weighted by Crippen LogP contribution is 2.25. The summed E-state index contributed by atoms with van der Waals surface area (Å²) < 4.78 is 11.0. The van der Waals surface area contributed by atoms with E-state index in [2.05, 4.69) is 65.1 Å². The van der Waals surface area contributed by atoms with Gasteiger partial charge in [-0.2, -0.15) is 0 Å². The molecule has 0 amide bonds. The maximum Gasteiger partial charge on any atom is 0.191 e. The molecule has 2 aromatic rings. The zero-order chi connectivity index (χ0) is 19.7. The molecule has 6 heteroatoms. The number of hydrogen-bond donors (Lipinski definition) is 3. The van der Waals surface area contributed by atoms with Gasteiger partial charge in [0.25, 0.3) is 0 Å². The van der Waals surface area contributed by atoms with Crippen LogP contribution in [-0.2, 0) is 11.3 Å². The Hall–Kier alpha value is -2.31. The Balaban J connectivity index is 1.65. The molecule has 152 valence electrons. The molecule has 2 heterocycles. The van der Waals surface area contributed by atoms with Gasteiger partial charge in [0, 0.05) is 37.9 Å². The van der Waals surface area contributed by atoms with E-state index in [4.69, 9.17) is 9.15 Å². The third kappa shape index (κ3) is 5.84. The van der Waals surface area contributed by atoms with Crippen molar-refractivity contribution in [3.63, 3.8) is 0 Å². The van der Waals surface area contributed by atoms with Gasteiger partial charge in [0.15, 0.2) is 5.96 Å². The second kappa shape index (κ2) is 10.3. The molecule has 1 aliphatic rings. The van der Waals surface area contributed by atoms with Gasteiger partial charge in [0.05, 0.1) is 6.26 Å². The summed E-state index contributed by atoms with van der Waals surface area (Å²) in [7, 11) is 0. The molecule has 0 bridgehead atoms. The lowest BCUT2D eigenvalue weighted by Gasteiger charge is -2.41. The molecule has 1 aliphatic heterocycles. The molecule has 1 aromatic carbocycles. The minimum Gasteiger partial charge on any atom is -0.467 e. The van der Waals surface area contributed by atoms with Crippen LogP contribution in [0, 0.1) is 0 Å². The average Bonchev–Trinajstić information content (AvgIpc) is 3.25. The third-order valence-electron chi connectivity index (χ3n) is 5.18. The van der Waals surface area contributed by atoms with Crippen molar-refractivity contribution in [1.29, 1.82) is 0 Å². The predicted octanol–water partition coefficient (Wildman–Crippen LogP) is 3.23. The van der Waals surface area contributed by atoms with Crippen LogP contribution < -0.4 is 16.0 Å². The summed E-state index contributed by atoms with van der Waals surface area (Å²) in [6.45, 7) is 7.97. The first kappa shape index (κ1) is 20.4. The topological polar surface area (TPSA) is 70.8 Å². The van der Waals surface area contributed by atoms with Crippen LogP contribution in [0.15, 0.2) is 58.1 Å². The molecule has 0 saturated carbocycles. The van der Waals surface area contributed by atoms with Crippen molar-refractivity contribution < 1.29 is 9.15 Å². The molecule has 3 N–H and O–H groups in total. The van der Waals surface area contributed by atoms with Crippen molar-refractivity contribution in [1.82, 2.24) is 16.0 Å². The second-order valence-electron chi connectivity index (χ2n) is 7.30. The normalized spacial score (nSPS) is 17.9. The number of nitrogens with one attached hydrogen (secondary N) is 3. The van der Waals surface area contributed by atoms with Gasteiger partial charge in [0.2, 0.25) is 0 Å². The number of guanidine groups is 1. The molecule has 0 spiro atoms. The van der Waals surface area contributed by atoms with Gasteiger partial charge in [-0.25, -0.2) is 4.99 Å². The number of aliphatic imine (C=N–C) groups is 1. The fourth-order valence-electron chi connectivity index (χ4n) is 3.57. The lowest BCUT2D eigenvalue weighted by molar-refractivity contribution is 0.0355. The van der Waals surface area contributed by atoms with Gasteiger partial charge in [-0.3, -0.25) is 0 Å². The lowest BCUT2D eigenvalue weighted by Crippen LogP contribution is -2.58. The average molecular weight is 385 g/mol. The van der Waals surface area contributed by atoms with Crippen LogP contribution in [0.25, 0.3) is 0 Å². The first-order chi connectivity index (χ1) is 13.7. The van der Waals surface area contributed by atoms with E-state index in [1.165, 1.54) is 5.56 Å². The number of nitrogens with zero attached hydrogens (tertiary/aromatic N) is 1. The largest absolute Gasteiger partial charge is 0.467 e. The van der Waals surface area contributed by atoms with E-state index in [-0.39, 0.29) is 11.6 Å². The van der Waals surface area contributed by atoms with Crippen molar-refractivity contribution in [2.24, 2.45) is 4.99 Å². The molecule has 28 heavy (non-hydrogen) atoms. The van der Waals surface area contributed by atoms with E-state index in [0.29, 0.717) is 6.54 Å². The summed E-state index contributed by atoms with van der Waals surface area (Å²) in [6.07, 6.45) is 3.61. The molecule has 1 unspecified atom stereocenters. The highest BCUT2D eigenvalue weighted by atomic mass is 16.5. The number of furan rings is 1. The molecular weight excluding hydrogens is 352 g/mol. The zero-order valence-corrected chi connectivity index (χ0v) is 16.9. The van der Waals surface area contributed by atoms with Crippen molar-refractivity contribution in [2.45, 2.75) is 44.8 Å². The predicted molar refractivity (Wildman–Crippen MR) is 112 cm³/mol. The smallest absolute Gasteiger partial charge is 0.191 e. The first-order valence-corrected chi connectivity index (χ1v) is 10.2. The molecule has 0 aliphatic carbocycles. The number of rotatable bonds is 8. The van der Waals surface area contributed by atoms with E-state index in [0.717, 1.165) is 50.9 Å². The Morgan fingerprint density at radius 1 is 1.11 bits per heavy atom. The van der Waals surface area contributed by atoms with E-state index in [9.17, 15) is 0 Å². The molecule has 1 saturated heterocycles. The standard InChI is InChI=1S/C22H32N4O2/c1-3-23-21(24-16-20-10-7-13-28-20)25-17-22(11-14-27-15-12-22)26-18(2)19-8-5-4-6-9-19/h4-10,13,18,26H,3,11-12,14-17H2,1-2H3,(H2,23,24,25). The van der Waals surface area contributed by atoms with Crippen LogP contribution >= 0.6 is 0 Å². The minimum absolute atomic E-state index is 0.0334. The van der Waals surface area contributed by atoms with E-state index < -0.39 is 0 Å². The van der Waals surface area contributed by atoms with Crippen LogP contribution in [0.2, 0.25) is 0 Å². The van der Waals surface area contributed by atoms with Crippen LogP contribution in [0.5, 0.6) is 0 Å². The summed E-state index contributed by atoms with van der Waals surface area (Å²) in [5.41, 5.74) is 1.26. The fraction of sp³-hybridized carbons (Fsp3) is 0.500. The van der Waals surface area contributed by atoms with Gasteiger partial charge in [-0.05, 0) is 44.4 Å². The summed E-state index contributed by atoms with van der Waals surface area (Å²) in [4.78, 5) is 4.65. The van der Waals surface area contributed by atoms with Crippen molar-refractivity contribution in [3.8, 4) is 0 Å². The Kier molecular flexibility index (Phi) is 7.51. The van der Waals surface area contributed by atoms with Crippen molar-refractivity contribution in [2.75, 3.05) is 26.3 Å². The highest BCUT2D eigenvalue weighted by molar-refractivity contribution is 5.79. The van der Waals surface area contributed by atoms with E-state index >= 15 is 0 Å². The SMILES string of the molecule is CCNC(=NCc1ccco1)NCC1(NC(C)c2ccccc2)CCOCC1. The fourth-order valence-corrected chi connectivity index (χ4v) is 3.57. The van der Waals surface area contributed by atoms with Crippen LogP contribution in [0.1, 0.15) is 44.1 Å². The number of hydrogen-bond acceptors (Lipinski definition) is 4. The summed E-state index contributed by atoms with van der Waals surface area (Å²) in [6, 6.07) is 14.7. The number of ether oxygens (including phenoxy) is 1. The Bertz CT molecular complexity index is 709. The quantitative estimate of drug-likeness (QED) is 0.481. The van der Waals surface area contributed by atoms with Gasteiger partial charge < -0.3 is 25.1 Å². The summed E-state index contributed by atoms with van der Waals surface area (Å²) in [5, 5.41) is 10.7. The lowest BCUT2D eigenvalue weighted by atomic mass is 9.88. The highest BCUT2D eigenvalue weighted by Gasteiger charge is 2.34. The van der Waals surface area contributed by atoms with Gasteiger partial charge in [-0.15, -0.1) is 0 Å². The third-order valence-corrected chi connectivity index (χ3v) is 5.18. The summed E-state index contributed by atoms with van der Waals surface area (Å²) in [5.74, 6) is 1.66. The molecule has 0 radical (unpaired) electrons. The second-order valence-corrected chi connectivity index (χ2v) is 7.30. The van der Waals surface area contributed by atoms with Crippen molar-refractivity contribution >= 4 is 5.96 Å². The maximum atomic E-state index is 5.64. The van der Waals surface area contributed by atoms with Gasteiger partial charge >= 0.3 is 0 Å². The monoisotopic (exact) mass is 384 g/mol. The minimum atomic E-state index is -0.0334. The Morgan fingerprint density at radius 2 is 1.89 bits per heavy atom.